The zero-order valence-corrected chi connectivity index (χ0v) is 6.05. The van der Waals surface area contributed by atoms with E-state index in [4.69, 9.17) is 5.11 Å². The molecule has 0 rings (SSSR count). The second-order valence-corrected chi connectivity index (χ2v) is 3.05. The van der Waals surface area contributed by atoms with Gasteiger partial charge in [-0.1, -0.05) is 0 Å². The number of rotatable bonds is 3. The second-order valence-electron chi connectivity index (χ2n) is 1.72. The number of aliphatic carboxylic acids is 1. The Morgan fingerprint density at radius 2 is 2.10 bits per heavy atom. The fourth-order valence-corrected chi connectivity index (χ4v) is 0.890. The van der Waals surface area contributed by atoms with Gasteiger partial charge in [-0.15, -0.1) is 0 Å². The van der Waals surface area contributed by atoms with Gasteiger partial charge in [0.15, 0.2) is 0 Å². The lowest BCUT2D eigenvalue weighted by Gasteiger charge is -2.04. The molecule has 0 aromatic heterocycles. The van der Waals surface area contributed by atoms with Crippen LogP contribution in [-0.2, 0) is 15.0 Å². The maximum Gasteiger partial charge on any atom is 0.321 e. The zero-order valence-electron chi connectivity index (χ0n) is 5.23. The van der Waals surface area contributed by atoms with Gasteiger partial charge >= 0.3 is 5.97 Å². The molecule has 0 radical (unpaired) electrons. The number of nitrogens with two attached hydrogens (primary N) is 1. The van der Waals surface area contributed by atoms with Crippen LogP contribution in [-0.4, -0.2) is 25.5 Å². The molecule has 60 valence electrons. The van der Waals surface area contributed by atoms with Crippen LogP contribution in [0.4, 0.5) is 0 Å². The van der Waals surface area contributed by atoms with Gasteiger partial charge in [0, 0.05) is 0 Å². The molecule has 1 atom stereocenters. The van der Waals surface area contributed by atoms with Crippen molar-refractivity contribution in [2.75, 3.05) is 0 Å². The molecule has 7 heteroatoms. The molecule has 0 aliphatic rings. The minimum absolute atomic E-state index is 1.17. The minimum Gasteiger partial charge on any atom is -0.480 e. The molecule has 0 saturated carbocycles. The SMILES string of the molecule is CC(NS(N)(=O)=O)C(=O)O. The highest BCUT2D eigenvalue weighted by atomic mass is 32.2. The molecular weight excluding hydrogens is 160 g/mol. The lowest BCUT2D eigenvalue weighted by atomic mass is 10.4. The topological polar surface area (TPSA) is 109 Å². The van der Waals surface area contributed by atoms with Crippen molar-refractivity contribution in [2.24, 2.45) is 5.14 Å². The molecule has 0 spiro atoms. The lowest BCUT2D eigenvalue weighted by molar-refractivity contribution is -0.138. The maximum absolute atomic E-state index is 10.1. The van der Waals surface area contributed by atoms with Crippen LogP contribution >= 0.6 is 0 Å². The fraction of sp³-hybridized carbons (Fsp3) is 0.667. The van der Waals surface area contributed by atoms with E-state index < -0.39 is 22.2 Å². The zero-order chi connectivity index (χ0) is 8.36. The smallest absolute Gasteiger partial charge is 0.321 e. The Balaban J connectivity index is 4.06. The first-order valence-corrected chi connectivity index (χ1v) is 3.90. The highest BCUT2D eigenvalue weighted by molar-refractivity contribution is 7.87. The number of carboxylic acid groups (broad SMARTS) is 1. The van der Waals surface area contributed by atoms with Crippen molar-refractivity contribution in [1.82, 2.24) is 4.72 Å². The van der Waals surface area contributed by atoms with E-state index in [1.165, 1.54) is 6.92 Å². The van der Waals surface area contributed by atoms with E-state index in [0.717, 1.165) is 0 Å². The highest BCUT2D eigenvalue weighted by Gasteiger charge is 2.14. The minimum atomic E-state index is -3.90. The van der Waals surface area contributed by atoms with E-state index in [2.05, 4.69) is 5.14 Å². The Labute approximate surface area is 58.2 Å². The summed E-state index contributed by atoms with van der Waals surface area (Å²) in [6.07, 6.45) is 0. The Morgan fingerprint density at radius 3 is 2.20 bits per heavy atom. The van der Waals surface area contributed by atoms with Gasteiger partial charge < -0.3 is 5.11 Å². The molecule has 0 amide bonds. The van der Waals surface area contributed by atoms with Crippen LogP contribution in [0.15, 0.2) is 0 Å². The summed E-state index contributed by atoms with van der Waals surface area (Å²) in [7, 11) is -3.90. The molecule has 1 unspecified atom stereocenters. The number of carbonyl (C=O) groups is 1. The summed E-state index contributed by atoms with van der Waals surface area (Å²) >= 11 is 0. The van der Waals surface area contributed by atoms with Crippen molar-refractivity contribution in [2.45, 2.75) is 13.0 Å². The van der Waals surface area contributed by atoms with E-state index in [1.807, 2.05) is 0 Å². The van der Waals surface area contributed by atoms with Gasteiger partial charge in [0.25, 0.3) is 10.2 Å². The first-order valence-electron chi connectivity index (χ1n) is 2.36. The lowest BCUT2D eigenvalue weighted by Crippen LogP contribution is -2.41. The predicted molar refractivity (Wildman–Crippen MR) is 33.3 cm³/mol. The van der Waals surface area contributed by atoms with Crippen LogP contribution in [0.5, 0.6) is 0 Å². The van der Waals surface area contributed by atoms with Crippen LogP contribution in [0.1, 0.15) is 6.92 Å². The molecule has 0 aliphatic heterocycles. The quantitative estimate of drug-likeness (QED) is 0.464. The monoisotopic (exact) mass is 168 g/mol. The second kappa shape index (κ2) is 2.95. The number of hydrogen-bond donors (Lipinski definition) is 3. The van der Waals surface area contributed by atoms with E-state index in [-0.39, 0.29) is 0 Å². The molecule has 0 saturated heterocycles. The molecule has 0 heterocycles. The Bertz CT molecular complexity index is 221. The van der Waals surface area contributed by atoms with Crippen molar-refractivity contribution in [3.05, 3.63) is 0 Å². The number of carboxylic acids is 1. The summed E-state index contributed by atoms with van der Waals surface area (Å²) in [4.78, 5) is 9.99. The molecule has 0 aromatic rings. The molecule has 0 fully saturated rings. The fourth-order valence-electron chi connectivity index (χ4n) is 0.297. The molecule has 6 nitrogen and oxygen atoms in total. The molecule has 0 aliphatic carbocycles. The average molecular weight is 168 g/mol. The molecule has 10 heavy (non-hydrogen) atoms. The normalized spacial score (nSPS) is 14.6. The molecule has 0 bridgehead atoms. The van der Waals surface area contributed by atoms with Crippen molar-refractivity contribution in [3.8, 4) is 0 Å². The van der Waals surface area contributed by atoms with Gasteiger partial charge in [0.2, 0.25) is 0 Å². The first kappa shape index (κ1) is 9.34. The standard InChI is InChI=1S/C3H8N2O4S/c1-2(3(6)7)5-10(4,8)9/h2,5H,1H3,(H,6,7)(H2,4,8,9). The van der Waals surface area contributed by atoms with E-state index in [9.17, 15) is 13.2 Å². The van der Waals surface area contributed by atoms with Gasteiger partial charge in [-0.05, 0) is 6.92 Å². The van der Waals surface area contributed by atoms with Crippen molar-refractivity contribution >= 4 is 16.2 Å². The van der Waals surface area contributed by atoms with Gasteiger partial charge in [-0.3, -0.25) is 4.79 Å². The van der Waals surface area contributed by atoms with Crippen LogP contribution in [0.3, 0.4) is 0 Å². The third kappa shape index (κ3) is 4.24. The summed E-state index contributed by atoms with van der Waals surface area (Å²) in [5.74, 6) is -1.27. The van der Waals surface area contributed by atoms with Crippen LogP contribution in [0, 0.1) is 0 Å². The molecule has 0 aromatic carbocycles. The van der Waals surface area contributed by atoms with Gasteiger partial charge in [-0.2, -0.15) is 13.1 Å². The summed E-state index contributed by atoms with van der Waals surface area (Å²) in [6, 6.07) is -1.19. The Morgan fingerprint density at radius 1 is 1.70 bits per heavy atom. The summed E-state index contributed by atoms with van der Waals surface area (Å²) in [5, 5.41) is 12.6. The van der Waals surface area contributed by atoms with Crippen molar-refractivity contribution < 1.29 is 18.3 Å². The predicted octanol–water partition coefficient (Wildman–Crippen LogP) is -1.75. The van der Waals surface area contributed by atoms with E-state index >= 15 is 0 Å². The van der Waals surface area contributed by atoms with E-state index in [0.29, 0.717) is 0 Å². The van der Waals surface area contributed by atoms with Gasteiger partial charge in [-0.25, -0.2) is 5.14 Å². The molecule has 4 N–H and O–H groups in total. The average Bonchev–Trinajstić information content (AvgIpc) is 1.60. The third-order valence-electron chi connectivity index (χ3n) is 0.711. The third-order valence-corrected chi connectivity index (χ3v) is 1.39. The number of nitrogens with one attached hydrogen (secondary N) is 1. The summed E-state index contributed by atoms with van der Waals surface area (Å²) in [6.45, 7) is 1.17. The summed E-state index contributed by atoms with van der Waals surface area (Å²) in [5.41, 5.74) is 0. The van der Waals surface area contributed by atoms with E-state index in [1.54, 1.807) is 4.72 Å². The van der Waals surface area contributed by atoms with Crippen LogP contribution in [0.25, 0.3) is 0 Å². The summed E-state index contributed by atoms with van der Waals surface area (Å²) < 4.78 is 22.0. The van der Waals surface area contributed by atoms with Crippen molar-refractivity contribution in [1.29, 1.82) is 0 Å². The largest absolute Gasteiger partial charge is 0.480 e. The van der Waals surface area contributed by atoms with Gasteiger partial charge in [0.05, 0.1) is 0 Å². The Kier molecular flexibility index (Phi) is 2.76. The maximum atomic E-state index is 10.1. The van der Waals surface area contributed by atoms with Crippen LogP contribution in [0.2, 0.25) is 0 Å². The number of hydrogen-bond acceptors (Lipinski definition) is 3. The Hall–Kier alpha value is -0.660. The van der Waals surface area contributed by atoms with Crippen molar-refractivity contribution in [3.63, 3.8) is 0 Å². The van der Waals surface area contributed by atoms with Gasteiger partial charge in [0.1, 0.15) is 6.04 Å². The highest BCUT2D eigenvalue weighted by Crippen LogP contribution is 1.81. The first-order chi connectivity index (χ1) is 4.33. The van der Waals surface area contributed by atoms with Crippen LogP contribution < -0.4 is 9.86 Å². The molecular formula is C3H8N2O4S.